The van der Waals surface area contributed by atoms with Crippen LogP contribution in [0.25, 0.3) is 0 Å². The highest BCUT2D eigenvalue weighted by atomic mass is 16.2. The van der Waals surface area contributed by atoms with Gasteiger partial charge in [0, 0.05) is 26.1 Å². The molecule has 0 saturated heterocycles. The van der Waals surface area contributed by atoms with Gasteiger partial charge in [0.05, 0.1) is 6.54 Å². The summed E-state index contributed by atoms with van der Waals surface area (Å²) in [7, 11) is 1.83. The number of likely N-dealkylation sites (N-methyl/N-ethyl adjacent to an activating group) is 1. The van der Waals surface area contributed by atoms with Crippen molar-refractivity contribution in [2.45, 2.75) is 33.6 Å². The zero-order valence-electron chi connectivity index (χ0n) is 13.3. The summed E-state index contributed by atoms with van der Waals surface area (Å²) < 4.78 is 0. The minimum Gasteiger partial charge on any atom is -0.354 e. The van der Waals surface area contributed by atoms with Crippen molar-refractivity contribution in [1.29, 1.82) is 0 Å². The lowest BCUT2D eigenvalue weighted by molar-refractivity contribution is -0.119. The summed E-state index contributed by atoms with van der Waals surface area (Å²) in [4.78, 5) is 22.4. The number of aryl methyl sites for hydroxylation is 1. The van der Waals surface area contributed by atoms with E-state index in [2.05, 4.69) is 41.5 Å². The second kappa shape index (κ2) is 8.41. The highest BCUT2D eigenvalue weighted by molar-refractivity contribution is 5.81. The molecule has 0 aliphatic rings. The standard InChI is InChI=1S/C14H26N6O/c1-5-6-11-17-12(19-15)7-13(18-11)20(4)9-14(21)16-8-10(2)3/h7,10H,5-6,8-9,15H2,1-4H3,(H,16,21)(H,17,18,19). The molecule has 7 nitrogen and oxygen atoms in total. The number of nitrogens with one attached hydrogen (secondary N) is 2. The highest BCUT2D eigenvalue weighted by Crippen LogP contribution is 2.14. The van der Waals surface area contributed by atoms with Gasteiger partial charge in [-0.05, 0) is 12.3 Å². The second-order valence-electron chi connectivity index (χ2n) is 5.48. The number of aromatic nitrogens is 2. The minimum absolute atomic E-state index is 0.0240. The van der Waals surface area contributed by atoms with Crippen molar-refractivity contribution in [1.82, 2.24) is 15.3 Å². The number of nitrogen functional groups attached to an aromatic ring is 1. The van der Waals surface area contributed by atoms with Crippen LogP contribution < -0.4 is 21.5 Å². The number of hydrogen-bond donors (Lipinski definition) is 3. The Hall–Kier alpha value is -1.89. The van der Waals surface area contributed by atoms with Crippen LogP contribution in [0, 0.1) is 5.92 Å². The van der Waals surface area contributed by atoms with E-state index in [1.165, 1.54) is 0 Å². The predicted molar refractivity (Wildman–Crippen MR) is 85.0 cm³/mol. The number of carbonyl (C=O) groups excluding carboxylic acids is 1. The Balaban J connectivity index is 2.74. The number of amides is 1. The summed E-state index contributed by atoms with van der Waals surface area (Å²) in [5.41, 5.74) is 2.54. The first-order valence-corrected chi connectivity index (χ1v) is 7.28. The van der Waals surface area contributed by atoms with Gasteiger partial charge in [0.1, 0.15) is 17.5 Å². The van der Waals surface area contributed by atoms with Crippen LogP contribution in [0.1, 0.15) is 33.0 Å². The molecule has 0 aliphatic heterocycles. The average Bonchev–Trinajstić information content (AvgIpc) is 2.45. The van der Waals surface area contributed by atoms with E-state index in [1.54, 1.807) is 11.0 Å². The van der Waals surface area contributed by atoms with Crippen molar-refractivity contribution < 1.29 is 4.79 Å². The third-order valence-electron chi connectivity index (χ3n) is 2.86. The maximum atomic E-state index is 11.9. The molecule has 0 fully saturated rings. The predicted octanol–water partition coefficient (Wildman–Crippen LogP) is 0.923. The molecule has 21 heavy (non-hydrogen) atoms. The monoisotopic (exact) mass is 294 g/mol. The molecule has 0 aromatic carbocycles. The van der Waals surface area contributed by atoms with Crippen LogP contribution in [-0.4, -0.2) is 36.0 Å². The van der Waals surface area contributed by atoms with Gasteiger partial charge in [0.25, 0.3) is 0 Å². The Labute approximate surface area is 126 Å². The highest BCUT2D eigenvalue weighted by Gasteiger charge is 2.11. The van der Waals surface area contributed by atoms with E-state index in [0.717, 1.165) is 18.7 Å². The van der Waals surface area contributed by atoms with Gasteiger partial charge in [-0.1, -0.05) is 20.8 Å². The first-order valence-electron chi connectivity index (χ1n) is 7.28. The van der Waals surface area contributed by atoms with Gasteiger partial charge in [-0.2, -0.15) is 0 Å². The smallest absolute Gasteiger partial charge is 0.239 e. The molecule has 1 rings (SSSR count). The van der Waals surface area contributed by atoms with Gasteiger partial charge in [0.2, 0.25) is 5.91 Å². The maximum absolute atomic E-state index is 11.9. The minimum atomic E-state index is -0.0240. The van der Waals surface area contributed by atoms with E-state index in [-0.39, 0.29) is 12.5 Å². The van der Waals surface area contributed by atoms with Gasteiger partial charge in [0.15, 0.2) is 0 Å². The van der Waals surface area contributed by atoms with E-state index in [0.29, 0.717) is 24.1 Å². The fraction of sp³-hybridized carbons (Fsp3) is 0.643. The van der Waals surface area contributed by atoms with Crippen molar-refractivity contribution in [3.63, 3.8) is 0 Å². The first kappa shape index (κ1) is 17.2. The Morgan fingerprint density at radius 2 is 2.14 bits per heavy atom. The molecular weight excluding hydrogens is 268 g/mol. The molecule has 118 valence electrons. The summed E-state index contributed by atoms with van der Waals surface area (Å²) in [6.45, 7) is 7.11. The molecule has 0 saturated carbocycles. The van der Waals surface area contributed by atoms with Crippen LogP contribution in [0.15, 0.2) is 6.07 Å². The van der Waals surface area contributed by atoms with Crippen LogP contribution >= 0.6 is 0 Å². The number of hydrogen-bond acceptors (Lipinski definition) is 6. The van der Waals surface area contributed by atoms with E-state index in [1.807, 2.05) is 7.05 Å². The molecular formula is C14H26N6O. The van der Waals surface area contributed by atoms with Crippen LogP contribution in [0.2, 0.25) is 0 Å². The van der Waals surface area contributed by atoms with Crippen molar-refractivity contribution in [3.8, 4) is 0 Å². The number of carbonyl (C=O) groups is 1. The molecule has 0 aliphatic carbocycles. The number of rotatable bonds is 8. The Morgan fingerprint density at radius 1 is 1.43 bits per heavy atom. The van der Waals surface area contributed by atoms with E-state index >= 15 is 0 Å². The topological polar surface area (TPSA) is 96.2 Å². The van der Waals surface area contributed by atoms with Crippen LogP contribution in [-0.2, 0) is 11.2 Å². The molecule has 0 bridgehead atoms. The molecule has 0 spiro atoms. The zero-order chi connectivity index (χ0) is 15.8. The first-order chi connectivity index (χ1) is 9.96. The van der Waals surface area contributed by atoms with Gasteiger partial charge in [-0.25, -0.2) is 15.8 Å². The summed E-state index contributed by atoms with van der Waals surface area (Å²) >= 11 is 0. The average molecular weight is 294 g/mol. The molecule has 0 radical (unpaired) electrons. The zero-order valence-corrected chi connectivity index (χ0v) is 13.3. The number of nitrogens with two attached hydrogens (primary N) is 1. The lowest BCUT2D eigenvalue weighted by Gasteiger charge is -2.19. The molecule has 1 amide bonds. The lowest BCUT2D eigenvalue weighted by atomic mass is 10.2. The van der Waals surface area contributed by atoms with E-state index < -0.39 is 0 Å². The van der Waals surface area contributed by atoms with Crippen molar-refractivity contribution >= 4 is 17.5 Å². The number of anilines is 2. The summed E-state index contributed by atoms with van der Waals surface area (Å²) in [5, 5.41) is 2.89. The van der Waals surface area contributed by atoms with Gasteiger partial charge in [-0.3, -0.25) is 4.79 Å². The van der Waals surface area contributed by atoms with E-state index in [4.69, 9.17) is 5.84 Å². The summed E-state index contributed by atoms with van der Waals surface area (Å²) in [6, 6.07) is 1.73. The normalized spacial score (nSPS) is 10.6. The van der Waals surface area contributed by atoms with E-state index in [9.17, 15) is 4.79 Å². The van der Waals surface area contributed by atoms with Crippen LogP contribution in [0.3, 0.4) is 0 Å². The second-order valence-corrected chi connectivity index (χ2v) is 5.48. The fourth-order valence-electron chi connectivity index (χ4n) is 1.76. The third-order valence-corrected chi connectivity index (χ3v) is 2.86. The number of hydrazine groups is 1. The molecule has 1 aromatic heterocycles. The summed E-state index contributed by atoms with van der Waals surface area (Å²) in [6.07, 6.45) is 1.72. The quantitative estimate of drug-likeness (QED) is 0.487. The molecule has 0 atom stereocenters. The third kappa shape index (κ3) is 5.95. The Kier molecular flexibility index (Phi) is 6.87. The van der Waals surface area contributed by atoms with Crippen molar-refractivity contribution in [2.24, 2.45) is 11.8 Å². The van der Waals surface area contributed by atoms with Crippen LogP contribution in [0.5, 0.6) is 0 Å². The largest absolute Gasteiger partial charge is 0.354 e. The van der Waals surface area contributed by atoms with Gasteiger partial charge >= 0.3 is 0 Å². The van der Waals surface area contributed by atoms with Crippen LogP contribution in [0.4, 0.5) is 11.6 Å². The number of nitrogens with zero attached hydrogens (tertiary/aromatic N) is 3. The lowest BCUT2D eigenvalue weighted by Crippen LogP contribution is -2.37. The Bertz CT molecular complexity index is 463. The molecule has 1 heterocycles. The molecule has 1 aromatic rings. The molecule has 0 unspecified atom stereocenters. The summed E-state index contributed by atoms with van der Waals surface area (Å²) in [5.74, 6) is 7.79. The maximum Gasteiger partial charge on any atom is 0.239 e. The molecule has 7 heteroatoms. The van der Waals surface area contributed by atoms with Gasteiger partial charge in [-0.15, -0.1) is 0 Å². The fourth-order valence-corrected chi connectivity index (χ4v) is 1.76. The van der Waals surface area contributed by atoms with Gasteiger partial charge < -0.3 is 15.6 Å². The SMILES string of the molecule is CCCc1nc(NN)cc(N(C)CC(=O)NCC(C)C)n1. The Morgan fingerprint density at radius 3 is 2.71 bits per heavy atom. The van der Waals surface area contributed by atoms with Crippen molar-refractivity contribution in [2.75, 3.05) is 30.5 Å². The van der Waals surface area contributed by atoms with Crippen molar-refractivity contribution in [3.05, 3.63) is 11.9 Å². The molecule has 4 N–H and O–H groups in total.